The van der Waals surface area contributed by atoms with Crippen LogP contribution in [0.3, 0.4) is 0 Å². The molecule has 4 aromatic carbocycles. The van der Waals surface area contributed by atoms with Gasteiger partial charge in [0.25, 0.3) is 0 Å². The molecular formula is C28H19O2+. The van der Waals surface area contributed by atoms with Gasteiger partial charge < -0.3 is 4.74 Å². The first-order chi connectivity index (χ1) is 14.9. The van der Waals surface area contributed by atoms with Gasteiger partial charge in [-0.05, 0) is 29.1 Å². The molecule has 1 aromatic heterocycles. The van der Waals surface area contributed by atoms with Crippen molar-refractivity contribution < 1.29 is 9.15 Å². The van der Waals surface area contributed by atoms with Crippen LogP contribution in [0.15, 0.2) is 108 Å². The van der Waals surface area contributed by atoms with Crippen LogP contribution in [0.25, 0.3) is 44.5 Å². The Morgan fingerprint density at radius 1 is 0.667 bits per heavy atom. The predicted octanol–water partition coefficient (Wildman–Crippen LogP) is 7.61. The van der Waals surface area contributed by atoms with E-state index in [1.807, 2.05) is 30.3 Å². The van der Waals surface area contributed by atoms with Crippen molar-refractivity contribution in [2.24, 2.45) is 0 Å². The van der Waals surface area contributed by atoms with E-state index in [4.69, 9.17) is 9.15 Å². The van der Waals surface area contributed by atoms with Crippen LogP contribution in [0.1, 0.15) is 5.56 Å². The SMILES string of the molecule is c1ccc(-c2cc(-c3ccccc3)c3c([o+]2)-c2c(ccc4ccccc24)OC3)cc1. The second-order valence-electron chi connectivity index (χ2n) is 7.51. The molecule has 2 heterocycles. The zero-order valence-corrected chi connectivity index (χ0v) is 16.3. The van der Waals surface area contributed by atoms with Crippen LogP contribution in [0.4, 0.5) is 0 Å². The molecule has 0 unspecified atom stereocenters. The predicted molar refractivity (Wildman–Crippen MR) is 121 cm³/mol. The van der Waals surface area contributed by atoms with E-state index in [1.54, 1.807) is 0 Å². The molecule has 2 heteroatoms. The Bertz CT molecular complexity index is 1370. The van der Waals surface area contributed by atoms with Crippen LogP contribution in [-0.4, -0.2) is 0 Å². The summed E-state index contributed by atoms with van der Waals surface area (Å²) in [5.74, 6) is 2.62. The van der Waals surface area contributed by atoms with Crippen LogP contribution < -0.4 is 4.74 Å². The van der Waals surface area contributed by atoms with Gasteiger partial charge in [0.1, 0.15) is 23.5 Å². The second kappa shape index (κ2) is 6.85. The molecule has 0 aliphatic carbocycles. The summed E-state index contributed by atoms with van der Waals surface area (Å²) in [7, 11) is 0. The van der Waals surface area contributed by atoms with Crippen molar-refractivity contribution in [1.29, 1.82) is 0 Å². The highest BCUT2D eigenvalue weighted by molar-refractivity contribution is 6.00. The first kappa shape index (κ1) is 17.0. The Morgan fingerprint density at radius 3 is 2.17 bits per heavy atom. The summed E-state index contributed by atoms with van der Waals surface area (Å²) >= 11 is 0. The topological polar surface area (TPSA) is 20.5 Å². The average molecular weight is 387 g/mol. The van der Waals surface area contributed by atoms with Gasteiger partial charge >= 0.3 is 11.5 Å². The molecule has 1 aliphatic rings. The maximum Gasteiger partial charge on any atom is 0.372 e. The maximum atomic E-state index is 6.60. The molecular weight excluding hydrogens is 368 g/mol. The highest BCUT2D eigenvalue weighted by Gasteiger charge is 2.34. The lowest BCUT2D eigenvalue weighted by atomic mass is 9.92. The minimum absolute atomic E-state index is 0.490. The summed E-state index contributed by atoms with van der Waals surface area (Å²) in [6.45, 7) is 0.490. The summed E-state index contributed by atoms with van der Waals surface area (Å²) in [5, 5.41) is 2.32. The van der Waals surface area contributed by atoms with Crippen LogP contribution in [0.2, 0.25) is 0 Å². The Hall–Kier alpha value is -3.91. The first-order valence-corrected chi connectivity index (χ1v) is 10.1. The minimum Gasteiger partial charge on any atom is -0.487 e. The van der Waals surface area contributed by atoms with Gasteiger partial charge in [-0.3, -0.25) is 0 Å². The van der Waals surface area contributed by atoms with Crippen molar-refractivity contribution in [3.8, 4) is 39.5 Å². The molecule has 0 amide bonds. The van der Waals surface area contributed by atoms with Crippen LogP contribution in [-0.2, 0) is 6.61 Å². The summed E-state index contributed by atoms with van der Waals surface area (Å²) < 4.78 is 12.8. The maximum absolute atomic E-state index is 6.60. The van der Waals surface area contributed by atoms with Crippen LogP contribution in [0.5, 0.6) is 5.75 Å². The van der Waals surface area contributed by atoms with Gasteiger partial charge in [-0.1, -0.05) is 78.9 Å². The van der Waals surface area contributed by atoms with Crippen molar-refractivity contribution in [1.82, 2.24) is 0 Å². The lowest BCUT2D eigenvalue weighted by Crippen LogP contribution is -2.08. The summed E-state index contributed by atoms with van der Waals surface area (Å²) in [5.41, 5.74) is 5.49. The molecule has 0 radical (unpaired) electrons. The van der Waals surface area contributed by atoms with Gasteiger partial charge in [-0.25, -0.2) is 4.42 Å². The fraction of sp³-hybridized carbons (Fsp3) is 0.0357. The fourth-order valence-electron chi connectivity index (χ4n) is 4.26. The number of hydrogen-bond acceptors (Lipinski definition) is 1. The first-order valence-electron chi connectivity index (χ1n) is 10.1. The van der Waals surface area contributed by atoms with E-state index >= 15 is 0 Å². The van der Waals surface area contributed by atoms with E-state index in [1.165, 1.54) is 5.39 Å². The summed E-state index contributed by atoms with van der Waals surface area (Å²) in [4.78, 5) is 0. The smallest absolute Gasteiger partial charge is 0.372 e. The zero-order valence-electron chi connectivity index (χ0n) is 16.3. The standard InChI is InChI=1S/C28H19O2/c1-3-9-19(10-4-1)23-17-26(21-12-5-2-6-13-21)30-28-24(23)18-29-25-16-15-20-11-7-8-14-22(20)27(25)28/h1-17H,18H2/q+1. The van der Waals surface area contributed by atoms with E-state index in [0.29, 0.717) is 6.61 Å². The quantitative estimate of drug-likeness (QED) is 0.291. The number of benzene rings is 4. The minimum atomic E-state index is 0.490. The molecule has 0 saturated heterocycles. The Balaban J connectivity index is 1.71. The van der Waals surface area contributed by atoms with Crippen molar-refractivity contribution in [3.63, 3.8) is 0 Å². The molecule has 2 nitrogen and oxygen atoms in total. The monoisotopic (exact) mass is 387 g/mol. The third-order valence-electron chi connectivity index (χ3n) is 5.72. The number of fused-ring (bicyclic) bond motifs is 5. The van der Waals surface area contributed by atoms with Crippen molar-refractivity contribution in [3.05, 3.63) is 109 Å². The van der Waals surface area contributed by atoms with Gasteiger partial charge in [0.2, 0.25) is 0 Å². The highest BCUT2D eigenvalue weighted by Crippen LogP contribution is 2.46. The van der Waals surface area contributed by atoms with E-state index in [-0.39, 0.29) is 0 Å². The third kappa shape index (κ3) is 2.69. The third-order valence-corrected chi connectivity index (χ3v) is 5.72. The molecule has 0 spiro atoms. The summed E-state index contributed by atoms with van der Waals surface area (Å²) in [6, 6.07) is 35.4. The number of rotatable bonds is 2. The normalized spacial score (nSPS) is 12.1. The van der Waals surface area contributed by atoms with Crippen LogP contribution >= 0.6 is 0 Å². The van der Waals surface area contributed by atoms with Gasteiger partial charge in [0, 0.05) is 10.9 Å². The molecule has 5 aromatic rings. The van der Waals surface area contributed by atoms with Gasteiger partial charge in [0.05, 0.1) is 11.6 Å². The molecule has 0 saturated carbocycles. The van der Waals surface area contributed by atoms with E-state index in [2.05, 4.69) is 72.8 Å². The molecule has 30 heavy (non-hydrogen) atoms. The second-order valence-corrected chi connectivity index (χ2v) is 7.51. The lowest BCUT2D eigenvalue weighted by molar-refractivity contribution is 0.296. The zero-order chi connectivity index (χ0) is 19.9. The Kier molecular flexibility index (Phi) is 3.88. The van der Waals surface area contributed by atoms with E-state index in [0.717, 1.165) is 50.5 Å². The molecule has 1 aliphatic heterocycles. The average Bonchev–Trinajstić information content (AvgIpc) is 2.84. The molecule has 0 atom stereocenters. The summed E-state index contributed by atoms with van der Waals surface area (Å²) in [6.07, 6.45) is 0. The number of hydrogen-bond donors (Lipinski definition) is 0. The molecule has 6 rings (SSSR count). The van der Waals surface area contributed by atoms with Gasteiger partial charge in [0.15, 0.2) is 0 Å². The molecule has 0 bridgehead atoms. The molecule has 0 N–H and O–H groups in total. The number of ether oxygens (including phenoxy) is 1. The van der Waals surface area contributed by atoms with Gasteiger partial charge in [-0.15, -0.1) is 0 Å². The van der Waals surface area contributed by atoms with Crippen molar-refractivity contribution >= 4 is 10.8 Å². The van der Waals surface area contributed by atoms with Crippen molar-refractivity contribution in [2.45, 2.75) is 6.61 Å². The molecule has 0 fully saturated rings. The Labute approximate surface area is 175 Å². The van der Waals surface area contributed by atoms with Crippen molar-refractivity contribution in [2.75, 3.05) is 0 Å². The highest BCUT2D eigenvalue weighted by atomic mass is 16.5. The lowest BCUT2D eigenvalue weighted by Gasteiger charge is -2.19. The van der Waals surface area contributed by atoms with Gasteiger partial charge in [-0.2, -0.15) is 0 Å². The van der Waals surface area contributed by atoms with E-state index < -0.39 is 0 Å². The van der Waals surface area contributed by atoms with Crippen LogP contribution in [0, 0.1) is 0 Å². The Morgan fingerprint density at radius 2 is 1.37 bits per heavy atom. The largest absolute Gasteiger partial charge is 0.487 e. The molecule has 142 valence electrons. The van der Waals surface area contributed by atoms with E-state index in [9.17, 15) is 0 Å². The fourth-order valence-corrected chi connectivity index (χ4v) is 4.26.